The van der Waals surface area contributed by atoms with E-state index in [2.05, 4.69) is 16.8 Å². The summed E-state index contributed by atoms with van der Waals surface area (Å²) in [4.78, 5) is 59.6. The van der Waals surface area contributed by atoms with Gasteiger partial charge in [-0.25, -0.2) is 4.79 Å². The minimum absolute atomic E-state index is 0.0287. The normalized spacial score (nSPS) is 17.1. The van der Waals surface area contributed by atoms with E-state index >= 15 is 0 Å². The molecule has 0 radical (unpaired) electrons. The van der Waals surface area contributed by atoms with E-state index in [1.54, 1.807) is 23.1 Å². The number of methoxy groups -OCH3 is 1. The third-order valence-electron chi connectivity index (χ3n) is 10.7. The molecule has 1 atom stereocenters. The van der Waals surface area contributed by atoms with E-state index in [1.165, 1.54) is 7.11 Å². The van der Waals surface area contributed by atoms with E-state index in [1.807, 2.05) is 47.2 Å². The Kier molecular flexibility index (Phi) is 13.6. The smallest absolute Gasteiger partial charge is 0.415 e. The predicted molar refractivity (Wildman–Crippen MR) is 211 cm³/mol. The third-order valence-corrected chi connectivity index (χ3v) is 10.7. The first-order valence-corrected chi connectivity index (χ1v) is 19.4. The predicted octanol–water partition coefficient (Wildman–Crippen LogP) is 5.89. The molecule has 3 aliphatic heterocycles. The topological polar surface area (TPSA) is 130 Å². The summed E-state index contributed by atoms with van der Waals surface area (Å²) in [6.07, 6.45) is 7.80. The Balaban J connectivity index is 1.04. The van der Waals surface area contributed by atoms with E-state index in [0.717, 1.165) is 67.2 Å². The van der Waals surface area contributed by atoms with Gasteiger partial charge in [0.2, 0.25) is 12.3 Å². The Labute approximate surface area is 323 Å². The molecule has 0 spiro atoms. The summed E-state index contributed by atoms with van der Waals surface area (Å²) in [7, 11) is 3.56. The van der Waals surface area contributed by atoms with Crippen LogP contribution in [0.15, 0.2) is 55.1 Å². The van der Waals surface area contributed by atoms with Gasteiger partial charge in [0.05, 0.1) is 49.9 Å². The van der Waals surface area contributed by atoms with Crippen molar-refractivity contribution in [2.24, 2.45) is 0 Å². The Morgan fingerprint density at radius 1 is 0.927 bits per heavy atom. The van der Waals surface area contributed by atoms with Crippen LogP contribution in [-0.4, -0.2) is 118 Å². The van der Waals surface area contributed by atoms with Crippen LogP contribution in [0.1, 0.15) is 60.9 Å². The fourth-order valence-electron chi connectivity index (χ4n) is 7.67. The molecular formula is C42H53N5O8. The Morgan fingerprint density at radius 3 is 2.49 bits per heavy atom. The first kappa shape index (κ1) is 39.6. The van der Waals surface area contributed by atoms with E-state index in [-0.39, 0.29) is 23.9 Å². The summed E-state index contributed by atoms with van der Waals surface area (Å²) in [5, 5.41) is 4.54. The number of anilines is 2. The lowest BCUT2D eigenvalue weighted by Crippen LogP contribution is -2.48. The van der Waals surface area contributed by atoms with E-state index < -0.39 is 0 Å². The maximum Gasteiger partial charge on any atom is 0.415 e. The molecule has 0 bridgehead atoms. The summed E-state index contributed by atoms with van der Waals surface area (Å²) >= 11 is 0. The molecule has 13 nitrogen and oxygen atoms in total. The van der Waals surface area contributed by atoms with Crippen molar-refractivity contribution in [2.75, 3.05) is 83.5 Å². The van der Waals surface area contributed by atoms with Crippen LogP contribution in [0.2, 0.25) is 0 Å². The molecule has 3 aliphatic rings. The highest BCUT2D eigenvalue weighted by Crippen LogP contribution is 2.41. The van der Waals surface area contributed by atoms with E-state index in [9.17, 15) is 19.2 Å². The number of piperazine rings is 1. The number of amides is 4. The van der Waals surface area contributed by atoms with Crippen LogP contribution in [0, 0.1) is 0 Å². The number of rotatable bonds is 16. The average molecular weight is 756 g/mol. The van der Waals surface area contributed by atoms with Gasteiger partial charge < -0.3 is 43.9 Å². The zero-order valence-electron chi connectivity index (χ0n) is 32.1. The van der Waals surface area contributed by atoms with Crippen molar-refractivity contribution in [3.8, 4) is 17.2 Å². The lowest BCUT2D eigenvalue weighted by molar-refractivity contribution is -0.118. The second-order valence-corrected chi connectivity index (χ2v) is 14.3. The quantitative estimate of drug-likeness (QED) is 0.108. The highest BCUT2D eigenvalue weighted by Gasteiger charge is 2.31. The largest absolute Gasteiger partial charge is 0.493 e. The van der Waals surface area contributed by atoms with Gasteiger partial charge in [-0.2, -0.15) is 0 Å². The van der Waals surface area contributed by atoms with Crippen LogP contribution >= 0.6 is 0 Å². The monoisotopic (exact) mass is 755 g/mol. The second kappa shape index (κ2) is 18.9. The highest BCUT2D eigenvalue weighted by molar-refractivity contribution is 6.04. The SMILES string of the molecule is C=CCOCC1CCCCN1C(=O)c1cc(OC)c(OCCCCCC(=O)N2CCc3c2cc(OC(=O)N2CCN(C)CC2)c2ccccc32)cc1NC=O. The average Bonchev–Trinajstić information content (AvgIpc) is 3.64. The number of piperidine rings is 1. The molecule has 6 rings (SSSR count). The minimum Gasteiger partial charge on any atom is -0.493 e. The first-order chi connectivity index (χ1) is 26.8. The van der Waals surface area contributed by atoms with Crippen molar-refractivity contribution in [1.29, 1.82) is 0 Å². The molecule has 1 unspecified atom stereocenters. The number of likely N-dealkylation sites (tertiary alicyclic amines) is 1. The molecule has 0 aromatic heterocycles. The molecule has 294 valence electrons. The molecule has 3 aromatic rings. The van der Waals surface area contributed by atoms with Crippen LogP contribution in [0.3, 0.4) is 0 Å². The van der Waals surface area contributed by atoms with Crippen LogP contribution in [0.5, 0.6) is 17.2 Å². The molecule has 13 heteroatoms. The first-order valence-electron chi connectivity index (χ1n) is 19.4. The van der Waals surface area contributed by atoms with Crippen LogP contribution < -0.4 is 24.4 Å². The zero-order valence-corrected chi connectivity index (χ0v) is 32.1. The lowest BCUT2D eigenvalue weighted by Gasteiger charge is -2.36. The number of carbonyl (C=O) groups excluding carboxylic acids is 4. The number of ether oxygens (including phenoxy) is 4. The molecule has 0 aliphatic carbocycles. The van der Waals surface area contributed by atoms with Gasteiger partial charge >= 0.3 is 6.09 Å². The molecule has 0 saturated carbocycles. The number of unbranched alkanes of at least 4 members (excludes halogenated alkanes) is 2. The summed E-state index contributed by atoms with van der Waals surface area (Å²) < 4.78 is 23.4. The molecule has 3 heterocycles. The van der Waals surface area contributed by atoms with Gasteiger partial charge in [0.15, 0.2) is 11.5 Å². The number of nitrogens with one attached hydrogen (secondary N) is 1. The van der Waals surface area contributed by atoms with Crippen molar-refractivity contribution in [3.63, 3.8) is 0 Å². The number of hydrogen-bond donors (Lipinski definition) is 1. The molecular weight excluding hydrogens is 702 g/mol. The maximum absolute atomic E-state index is 13.8. The number of hydrogen-bond acceptors (Lipinski definition) is 9. The van der Waals surface area contributed by atoms with Gasteiger partial charge in [-0.1, -0.05) is 30.3 Å². The second-order valence-electron chi connectivity index (χ2n) is 14.3. The third kappa shape index (κ3) is 9.40. The minimum atomic E-state index is -0.369. The Morgan fingerprint density at radius 2 is 1.73 bits per heavy atom. The van der Waals surface area contributed by atoms with Gasteiger partial charge in [0.25, 0.3) is 5.91 Å². The van der Waals surface area contributed by atoms with Crippen molar-refractivity contribution >= 4 is 46.5 Å². The standard InChI is InChI=1S/C42H53N5O8/c1-4-23-53-28-30-12-9-10-17-46(30)41(50)34-25-38(52-3)39(26-35(34)43-29-48)54-24-11-5-6-15-40(49)47-18-16-32-31-13-7-8-14-33(31)37(27-36(32)47)55-42(51)45-21-19-44(2)20-22-45/h4,7-8,13-14,25-27,29-30H,1,5-6,9-12,15-24,28H2,2-3H3,(H,43,48). The van der Waals surface area contributed by atoms with Crippen molar-refractivity contribution in [1.82, 2.24) is 14.7 Å². The van der Waals surface area contributed by atoms with Gasteiger partial charge in [-0.3, -0.25) is 14.4 Å². The molecule has 2 fully saturated rings. The summed E-state index contributed by atoms with van der Waals surface area (Å²) in [6, 6.07) is 12.9. The fraction of sp³-hybridized carbons (Fsp3) is 0.476. The number of nitrogens with zero attached hydrogens (tertiary/aromatic N) is 4. The number of benzene rings is 3. The molecule has 2 saturated heterocycles. The number of carbonyl (C=O) groups is 4. The van der Waals surface area contributed by atoms with Crippen molar-refractivity contribution in [3.05, 3.63) is 66.2 Å². The van der Waals surface area contributed by atoms with Crippen LogP contribution in [-0.2, 0) is 20.7 Å². The fourth-order valence-corrected chi connectivity index (χ4v) is 7.67. The maximum atomic E-state index is 13.8. The van der Waals surface area contributed by atoms with Crippen LogP contribution in [0.25, 0.3) is 10.8 Å². The van der Waals surface area contributed by atoms with E-state index in [0.29, 0.717) is 100 Å². The summed E-state index contributed by atoms with van der Waals surface area (Å²) in [6.45, 7) is 8.87. The van der Waals surface area contributed by atoms with E-state index in [4.69, 9.17) is 18.9 Å². The van der Waals surface area contributed by atoms with Crippen molar-refractivity contribution < 1.29 is 38.1 Å². The molecule has 3 aromatic carbocycles. The Bertz CT molecular complexity index is 1860. The van der Waals surface area contributed by atoms with Gasteiger partial charge in [0.1, 0.15) is 5.75 Å². The number of likely N-dealkylation sites (N-methyl/N-ethyl adjacent to an activating group) is 1. The van der Waals surface area contributed by atoms with Gasteiger partial charge in [0, 0.05) is 63.2 Å². The molecule has 55 heavy (non-hydrogen) atoms. The van der Waals surface area contributed by atoms with Crippen LogP contribution in [0.4, 0.5) is 16.2 Å². The zero-order chi connectivity index (χ0) is 38.7. The summed E-state index contributed by atoms with van der Waals surface area (Å²) in [5.41, 5.74) is 2.56. The lowest BCUT2D eigenvalue weighted by atomic mass is 10.0. The van der Waals surface area contributed by atoms with Gasteiger partial charge in [-0.15, -0.1) is 6.58 Å². The van der Waals surface area contributed by atoms with Gasteiger partial charge in [-0.05, 0) is 69.0 Å². The Hall–Kier alpha value is -5.14. The molecule has 4 amide bonds. The summed E-state index contributed by atoms with van der Waals surface area (Å²) in [5.74, 6) is 1.09. The molecule has 1 N–H and O–H groups in total. The highest BCUT2D eigenvalue weighted by atomic mass is 16.6. The number of fused-ring (bicyclic) bond motifs is 3. The van der Waals surface area contributed by atoms with Crippen molar-refractivity contribution in [2.45, 2.75) is 57.4 Å².